The smallest absolute Gasteiger partial charge is 0.187 e. The first-order valence-corrected chi connectivity index (χ1v) is 7.93. The fourth-order valence-electron chi connectivity index (χ4n) is 2.24. The summed E-state index contributed by atoms with van der Waals surface area (Å²) >= 11 is 4.96. The average Bonchev–Trinajstić information content (AvgIpc) is 2.68. The minimum atomic E-state index is 0.257. The Labute approximate surface area is 115 Å². The highest BCUT2D eigenvalue weighted by Crippen LogP contribution is 2.23. The van der Waals surface area contributed by atoms with E-state index in [1.807, 2.05) is 11.4 Å². The normalized spacial score (nSPS) is 18.6. The Balaban J connectivity index is 1.91. The molecular weight excluding hydrogens is 298 g/mol. The van der Waals surface area contributed by atoms with Gasteiger partial charge in [0, 0.05) is 4.47 Å². The van der Waals surface area contributed by atoms with Crippen LogP contribution in [0, 0.1) is 0 Å². The Morgan fingerprint density at radius 3 is 2.47 bits per heavy atom. The van der Waals surface area contributed by atoms with Crippen molar-refractivity contribution in [1.82, 2.24) is 4.90 Å². The third-order valence-corrected chi connectivity index (χ3v) is 5.07. The van der Waals surface area contributed by atoms with Crippen LogP contribution >= 0.6 is 27.3 Å². The number of hydrogen-bond acceptors (Lipinski definition) is 3. The van der Waals surface area contributed by atoms with Crippen LogP contribution in [0.1, 0.15) is 41.8 Å². The molecule has 0 unspecified atom stereocenters. The number of thiophene rings is 1. The summed E-state index contributed by atoms with van der Waals surface area (Å²) in [6, 6.07) is 1.95. The second-order valence-corrected chi connectivity index (χ2v) is 6.34. The monoisotopic (exact) mass is 315 g/mol. The highest BCUT2D eigenvalue weighted by molar-refractivity contribution is 9.10. The summed E-state index contributed by atoms with van der Waals surface area (Å²) in [5, 5.41) is 1.96. The lowest BCUT2D eigenvalue weighted by molar-refractivity contribution is 0.0927. The van der Waals surface area contributed by atoms with Gasteiger partial charge in [0.15, 0.2) is 5.78 Å². The van der Waals surface area contributed by atoms with Crippen LogP contribution in [0.4, 0.5) is 0 Å². The first kappa shape index (κ1) is 13.2. The van der Waals surface area contributed by atoms with Gasteiger partial charge in [-0.15, -0.1) is 11.3 Å². The minimum absolute atomic E-state index is 0.257. The summed E-state index contributed by atoms with van der Waals surface area (Å²) in [6.45, 7) is 2.74. The molecule has 1 aromatic heterocycles. The zero-order chi connectivity index (χ0) is 12.1. The lowest BCUT2D eigenvalue weighted by Crippen LogP contribution is -2.32. The maximum atomic E-state index is 12.1. The predicted octanol–water partition coefficient (Wildman–Crippen LogP) is 3.96. The van der Waals surface area contributed by atoms with E-state index in [1.165, 1.54) is 43.4 Å². The van der Waals surface area contributed by atoms with E-state index in [0.29, 0.717) is 6.54 Å². The molecule has 94 valence electrons. The van der Waals surface area contributed by atoms with Gasteiger partial charge < -0.3 is 0 Å². The molecule has 0 aromatic carbocycles. The third kappa shape index (κ3) is 3.90. The van der Waals surface area contributed by atoms with E-state index >= 15 is 0 Å². The largest absolute Gasteiger partial charge is 0.296 e. The lowest BCUT2D eigenvalue weighted by atomic mass is 10.1. The molecular formula is C13H18BrNOS. The molecule has 2 nitrogen and oxygen atoms in total. The number of ketones is 1. The first-order valence-electron chi connectivity index (χ1n) is 6.26. The Kier molecular flexibility index (Phi) is 5.19. The Morgan fingerprint density at radius 2 is 1.88 bits per heavy atom. The van der Waals surface area contributed by atoms with Crippen LogP contribution in [0.2, 0.25) is 0 Å². The summed E-state index contributed by atoms with van der Waals surface area (Å²) < 4.78 is 0.944. The van der Waals surface area contributed by atoms with Crippen LogP contribution in [-0.4, -0.2) is 30.3 Å². The maximum Gasteiger partial charge on any atom is 0.187 e. The summed E-state index contributed by atoms with van der Waals surface area (Å²) in [5.74, 6) is 0.257. The van der Waals surface area contributed by atoms with Crippen molar-refractivity contribution in [2.75, 3.05) is 19.6 Å². The van der Waals surface area contributed by atoms with E-state index < -0.39 is 0 Å². The quantitative estimate of drug-likeness (QED) is 0.787. The fourth-order valence-corrected chi connectivity index (χ4v) is 3.76. The minimum Gasteiger partial charge on any atom is -0.296 e. The molecule has 4 heteroatoms. The molecule has 2 rings (SSSR count). The molecule has 1 saturated heterocycles. The van der Waals surface area contributed by atoms with Crippen molar-refractivity contribution in [3.8, 4) is 0 Å². The summed E-state index contributed by atoms with van der Waals surface area (Å²) in [4.78, 5) is 15.3. The molecule has 1 aliphatic rings. The number of likely N-dealkylation sites (tertiary alicyclic amines) is 1. The summed E-state index contributed by atoms with van der Waals surface area (Å²) in [6.07, 6.45) is 6.46. The molecule has 0 amide bonds. The van der Waals surface area contributed by atoms with Gasteiger partial charge in [0.05, 0.1) is 11.4 Å². The number of rotatable bonds is 3. The van der Waals surface area contributed by atoms with Crippen LogP contribution in [0.15, 0.2) is 15.9 Å². The van der Waals surface area contributed by atoms with Crippen LogP contribution < -0.4 is 0 Å². The van der Waals surface area contributed by atoms with E-state index in [2.05, 4.69) is 20.8 Å². The number of Topliss-reactive ketones (excluding diaryl/α,β-unsaturated/α-hetero) is 1. The van der Waals surface area contributed by atoms with Gasteiger partial charge in [-0.3, -0.25) is 9.69 Å². The first-order chi connectivity index (χ1) is 8.27. The van der Waals surface area contributed by atoms with Gasteiger partial charge in [0.25, 0.3) is 0 Å². The standard InChI is InChI=1S/C13H18BrNOS/c14-11-6-9-17-13(11)12(16)10-15-7-4-2-1-3-5-8-15/h6,9H,1-5,7-8,10H2. The molecule has 1 fully saturated rings. The van der Waals surface area contributed by atoms with Crippen molar-refractivity contribution >= 4 is 33.0 Å². The van der Waals surface area contributed by atoms with Crippen LogP contribution in [0.5, 0.6) is 0 Å². The highest BCUT2D eigenvalue weighted by atomic mass is 79.9. The lowest BCUT2D eigenvalue weighted by Gasteiger charge is -2.23. The SMILES string of the molecule is O=C(CN1CCCCCCC1)c1sccc1Br. The van der Waals surface area contributed by atoms with E-state index in [0.717, 1.165) is 22.4 Å². The van der Waals surface area contributed by atoms with Crippen LogP contribution in [0.25, 0.3) is 0 Å². The van der Waals surface area contributed by atoms with Gasteiger partial charge in [-0.25, -0.2) is 0 Å². The summed E-state index contributed by atoms with van der Waals surface area (Å²) in [5.41, 5.74) is 0. The number of carbonyl (C=O) groups is 1. The zero-order valence-corrected chi connectivity index (χ0v) is 12.4. The molecule has 0 saturated carbocycles. The van der Waals surface area contributed by atoms with Crippen molar-refractivity contribution in [3.63, 3.8) is 0 Å². The van der Waals surface area contributed by atoms with Gasteiger partial charge in [0.2, 0.25) is 0 Å². The zero-order valence-electron chi connectivity index (χ0n) is 9.95. The predicted molar refractivity (Wildman–Crippen MR) is 75.9 cm³/mol. The molecule has 1 aromatic rings. The van der Waals surface area contributed by atoms with Crippen LogP contribution in [0.3, 0.4) is 0 Å². The Hall–Kier alpha value is -0.190. The van der Waals surface area contributed by atoms with Gasteiger partial charge >= 0.3 is 0 Å². The topological polar surface area (TPSA) is 20.3 Å². The van der Waals surface area contributed by atoms with Crippen molar-refractivity contribution in [1.29, 1.82) is 0 Å². The number of halogens is 1. The Morgan fingerprint density at radius 1 is 1.24 bits per heavy atom. The number of nitrogens with zero attached hydrogens (tertiary/aromatic N) is 1. The molecule has 2 heterocycles. The second-order valence-electron chi connectivity index (χ2n) is 4.56. The Bertz CT molecular complexity index is 369. The third-order valence-electron chi connectivity index (χ3n) is 3.19. The fraction of sp³-hybridized carbons (Fsp3) is 0.615. The maximum absolute atomic E-state index is 12.1. The molecule has 0 radical (unpaired) electrons. The van der Waals surface area contributed by atoms with E-state index in [1.54, 1.807) is 0 Å². The molecule has 0 spiro atoms. The van der Waals surface area contributed by atoms with Gasteiger partial charge in [-0.2, -0.15) is 0 Å². The van der Waals surface area contributed by atoms with Crippen LogP contribution in [-0.2, 0) is 0 Å². The van der Waals surface area contributed by atoms with Gasteiger partial charge in [-0.05, 0) is 53.3 Å². The summed E-state index contributed by atoms with van der Waals surface area (Å²) in [7, 11) is 0. The van der Waals surface area contributed by atoms with Crippen molar-refractivity contribution in [2.24, 2.45) is 0 Å². The van der Waals surface area contributed by atoms with Gasteiger partial charge in [-0.1, -0.05) is 19.3 Å². The molecule has 0 N–H and O–H groups in total. The van der Waals surface area contributed by atoms with E-state index in [-0.39, 0.29) is 5.78 Å². The van der Waals surface area contributed by atoms with Gasteiger partial charge in [0.1, 0.15) is 0 Å². The van der Waals surface area contributed by atoms with E-state index in [9.17, 15) is 4.79 Å². The molecule has 0 bridgehead atoms. The molecule has 0 atom stereocenters. The van der Waals surface area contributed by atoms with E-state index in [4.69, 9.17) is 0 Å². The second kappa shape index (κ2) is 6.66. The number of carbonyl (C=O) groups excluding carboxylic acids is 1. The van der Waals surface area contributed by atoms with Crippen molar-refractivity contribution in [2.45, 2.75) is 32.1 Å². The molecule has 0 aliphatic carbocycles. The highest BCUT2D eigenvalue weighted by Gasteiger charge is 2.16. The molecule has 1 aliphatic heterocycles. The molecule has 17 heavy (non-hydrogen) atoms. The van der Waals surface area contributed by atoms with Crippen molar-refractivity contribution < 1.29 is 4.79 Å². The number of hydrogen-bond donors (Lipinski definition) is 0. The van der Waals surface area contributed by atoms with Crippen molar-refractivity contribution in [3.05, 3.63) is 20.8 Å². The average molecular weight is 316 g/mol.